The highest BCUT2D eigenvalue weighted by Gasteiger charge is 2.05. The molecule has 0 amide bonds. The summed E-state index contributed by atoms with van der Waals surface area (Å²) in [5.41, 5.74) is 7.79. The first-order valence-electron chi connectivity index (χ1n) is 6.47. The van der Waals surface area contributed by atoms with Crippen molar-refractivity contribution in [1.82, 2.24) is 0 Å². The van der Waals surface area contributed by atoms with Gasteiger partial charge in [0.05, 0.1) is 7.11 Å². The van der Waals surface area contributed by atoms with Crippen molar-refractivity contribution in [2.75, 3.05) is 13.7 Å². The van der Waals surface area contributed by atoms with E-state index in [0.717, 1.165) is 33.5 Å². The SMILES string of the molecule is COc1ccccc1COc1ccc(Br)c(CCN)c1. The first-order chi connectivity index (χ1) is 9.74. The van der Waals surface area contributed by atoms with Crippen LogP contribution in [0.25, 0.3) is 0 Å². The molecule has 0 radical (unpaired) electrons. The highest BCUT2D eigenvalue weighted by Crippen LogP contribution is 2.25. The van der Waals surface area contributed by atoms with Crippen LogP contribution in [-0.4, -0.2) is 13.7 Å². The van der Waals surface area contributed by atoms with E-state index in [2.05, 4.69) is 15.9 Å². The van der Waals surface area contributed by atoms with Crippen molar-refractivity contribution in [3.05, 3.63) is 58.1 Å². The lowest BCUT2D eigenvalue weighted by Crippen LogP contribution is -2.04. The second kappa shape index (κ2) is 7.31. The van der Waals surface area contributed by atoms with E-state index >= 15 is 0 Å². The average molecular weight is 336 g/mol. The number of hydrogen-bond donors (Lipinski definition) is 1. The summed E-state index contributed by atoms with van der Waals surface area (Å²) in [5.74, 6) is 1.68. The van der Waals surface area contributed by atoms with Gasteiger partial charge in [0.15, 0.2) is 0 Å². The van der Waals surface area contributed by atoms with Gasteiger partial charge in [-0.2, -0.15) is 0 Å². The molecule has 3 nitrogen and oxygen atoms in total. The largest absolute Gasteiger partial charge is 0.496 e. The molecule has 0 unspecified atom stereocenters. The molecule has 0 bridgehead atoms. The Morgan fingerprint density at radius 2 is 1.90 bits per heavy atom. The van der Waals surface area contributed by atoms with Crippen LogP contribution in [0.5, 0.6) is 11.5 Å². The molecule has 2 rings (SSSR count). The lowest BCUT2D eigenvalue weighted by atomic mass is 10.1. The van der Waals surface area contributed by atoms with Crippen molar-refractivity contribution < 1.29 is 9.47 Å². The van der Waals surface area contributed by atoms with Crippen LogP contribution >= 0.6 is 15.9 Å². The lowest BCUT2D eigenvalue weighted by Gasteiger charge is -2.11. The van der Waals surface area contributed by atoms with E-state index in [1.165, 1.54) is 0 Å². The van der Waals surface area contributed by atoms with Gasteiger partial charge in [0.1, 0.15) is 18.1 Å². The van der Waals surface area contributed by atoms with Crippen molar-refractivity contribution in [1.29, 1.82) is 0 Å². The van der Waals surface area contributed by atoms with E-state index in [1.807, 2.05) is 42.5 Å². The van der Waals surface area contributed by atoms with Gasteiger partial charge in [-0.3, -0.25) is 0 Å². The van der Waals surface area contributed by atoms with Crippen LogP contribution in [0.2, 0.25) is 0 Å². The van der Waals surface area contributed by atoms with Gasteiger partial charge in [0, 0.05) is 10.0 Å². The maximum absolute atomic E-state index is 5.83. The van der Waals surface area contributed by atoms with Crippen LogP contribution in [-0.2, 0) is 13.0 Å². The second-order valence-electron chi connectivity index (χ2n) is 4.39. The van der Waals surface area contributed by atoms with Crippen LogP contribution < -0.4 is 15.2 Å². The molecule has 0 saturated heterocycles. The molecule has 0 aliphatic heterocycles. The summed E-state index contributed by atoms with van der Waals surface area (Å²) in [6.45, 7) is 1.10. The Kier molecular flexibility index (Phi) is 5.44. The van der Waals surface area contributed by atoms with Crippen LogP contribution in [0.3, 0.4) is 0 Å². The Morgan fingerprint density at radius 1 is 1.10 bits per heavy atom. The molecule has 2 aromatic rings. The highest BCUT2D eigenvalue weighted by molar-refractivity contribution is 9.10. The summed E-state index contributed by atoms with van der Waals surface area (Å²) in [5, 5.41) is 0. The number of halogens is 1. The van der Waals surface area contributed by atoms with Gasteiger partial charge in [-0.15, -0.1) is 0 Å². The Labute approximate surface area is 127 Å². The van der Waals surface area contributed by atoms with Crippen molar-refractivity contribution in [2.24, 2.45) is 5.73 Å². The maximum Gasteiger partial charge on any atom is 0.125 e. The van der Waals surface area contributed by atoms with Gasteiger partial charge in [0.25, 0.3) is 0 Å². The molecule has 106 valence electrons. The van der Waals surface area contributed by atoms with Crippen molar-refractivity contribution in [2.45, 2.75) is 13.0 Å². The Hall–Kier alpha value is -1.52. The topological polar surface area (TPSA) is 44.5 Å². The zero-order valence-electron chi connectivity index (χ0n) is 11.4. The summed E-state index contributed by atoms with van der Waals surface area (Å²) in [4.78, 5) is 0. The van der Waals surface area contributed by atoms with Gasteiger partial charge >= 0.3 is 0 Å². The summed E-state index contributed by atoms with van der Waals surface area (Å²) in [6.07, 6.45) is 0.826. The third-order valence-electron chi connectivity index (χ3n) is 3.02. The standard InChI is InChI=1S/C16H18BrNO2/c1-19-16-5-3-2-4-13(16)11-20-14-6-7-15(17)12(10-14)8-9-18/h2-7,10H,8-9,11,18H2,1H3. The fourth-order valence-corrected chi connectivity index (χ4v) is 2.42. The zero-order valence-corrected chi connectivity index (χ0v) is 13.0. The van der Waals surface area contributed by atoms with Gasteiger partial charge in [-0.05, 0) is 42.8 Å². The maximum atomic E-state index is 5.83. The second-order valence-corrected chi connectivity index (χ2v) is 5.25. The van der Waals surface area contributed by atoms with E-state index in [4.69, 9.17) is 15.2 Å². The van der Waals surface area contributed by atoms with Gasteiger partial charge in [0.2, 0.25) is 0 Å². The molecule has 0 aliphatic carbocycles. The Balaban J connectivity index is 2.09. The fourth-order valence-electron chi connectivity index (χ4n) is 1.97. The predicted octanol–water partition coefficient (Wildman–Crippen LogP) is 3.54. The van der Waals surface area contributed by atoms with E-state index in [1.54, 1.807) is 7.11 Å². The predicted molar refractivity (Wildman–Crippen MR) is 84.2 cm³/mol. The fraction of sp³-hybridized carbons (Fsp3) is 0.250. The number of hydrogen-bond acceptors (Lipinski definition) is 3. The molecule has 0 aliphatic rings. The first-order valence-corrected chi connectivity index (χ1v) is 7.27. The molecule has 0 saturated carbocycles. The number of ether oxygens (including phenoxy) is 2. The van der Waals surface area contributed by atoms with Crippen LogP contribution in [0, 0.1) is 0 Å². The number of nitrogens with two attached hydrogens (primary N) is 1. The van der Waals surface area contributed by atoms with E-state index in [0.29, 0.717) is 13.2 Å². The molecule has 0 aromatic heterocycles. The van der Waals surface area contributed by atoms with Gasteiger partial charge in [-0.25, -0.2) is 0 Å². The first kappa shape index (κ1) is 14.9. The molecule has 0 heterocycles. The van der Waals surface area contributed by atoms with Crippen molar-refractivity contribution >= 4 is 15.9 Å². The van der Waals surface area contributed by atoms with Crippen LogP contribution in [0.15, 0.2) is 46.9 Å². The number of para-hydroxylation sites is 1. The Morgan fingerprint density at radius 3 is 2.65 bits per heavy atom. The summed E-state index contributed by atoms with van der Waals surface area (Å²) < 4.78 is 12.2. The third-order valence-corrected chi connectivity index (χ3v) is 3.79. The normalized spacial score (nSPS) is 10.3. The molecular weight excluding hydrogens is 318 g/mol. The molecule has 0 spiro atoms. The molecule has 0 atom stereocenters. The summed E-state index contributed by atoms with van der Waals surface area (Å²) in [6, 6.07) is 13.8. The summed E-state index contributed by atoms with van der Waals surface area (Å²) in [7, 11) is 1.66. The van der Waals surface area contributed by atoms with Crippen LogP contribution in [0.1, 0.15) is 11.1 Å². The molecule has 20 heavy (non-hydrogen) atoms. The number of rotatable bonds is 6. The van der Waals surface area contributed by atoms with Crippen molar-refractivity contribution in [3.63, 3.8) is 0 Å². The van der Waals surface area contributed by atoms with E-state index < -0.39 is 0 Å². The van der Waals surface area contributed by atoms with E-state index in [-0.39, 0.29) is 0 Å². The minimum atomic E-state index is 0.480. The molecule has 2 N–H and O–H groups in total. The minimum Gasteiger partial charge on any atom is -0.496 e. The highest BCUT2D eigenvalue weighted by atomic mass is 79.9. The van der Waals surface area contributed by atoms with Gasteiger partial charge < -0.3 is 15.2 Å². The number of benzene rings is 2. The van der Waals surface area contributed by atoms with Crippen molar-refractivity contribution in [3.8, 4) is 11.5 Å². The number of methoxy groups -OCH3 is 1. The monoisotopic (exact) mass is 335 g/mol. The summed E-state index contributed by atoms with van der Waals surface area (Å²) >= 11 is 3.52. The van der Waals surface area contributed by atoms with E-state index in [9.17, 15) is 0 Å². The molecular formula is C16H18BrNO2. The molecule has 2 aromatic carbocycles. The smallest absolute Gasteiger partial charge is 0.125 e. The molecule has 4 heteroatoms. The average Bonchev–Trinajstić information content (AvgIpc) is 2.48. The Bertz CT molecular complexity index is 572. The van der Waals surface area contributed by atoms with Gasteiger partial charge in [-0.1, -0.05) is 34.1 Å². The third kappa shape index (κ3) is 3.74. The quantitative estimate of drug-likeness (QED) is 0.878. The lowest BCUT2D eigenvalue weighted by molar-refractivity contribution is 0.296. The molecule has 0 fully saturated rings. The minimum absolute atomic E-state index is 0.480. The van der Waals surface area contributed by atoms with Crippen LogP contribution in [0.4, 0.5) is 0 Å². The zero-order chi connectivity index (χ0) is 14.4.